The highest BCUT2D eigenvalue weighted by Gasteiger charge is 2.52. The van der Waals surface area contributed by atoms with Crippen LogP contribution in [-0.2, 0) is 26.7 Å². The first-order valence-electron chi connectivity index (χ1n) is 12.1. The maximum absolute atomic E-state index is 12.5. The molecule has 1 saturated carbocycles. The number of methoxy groups -OCH3 is 1. The molecular formula is C30H27N3O4. The molecule has 7 heteroatoms. The number of esters is 1. The Morgan fingerprint density at radius 1 is 1.03 bits per heavy atom. The average Bonchev–Trinajstić information content (AvgIpc) is 3.67. The van der Waals surface area contributed by atoms with E-state index < -0.39 is 17.6 Å². The van der Waals surface area contributed by atoms with Gasteiger partial charge in [0.25, 0.3) is 0 Å². The molecule has 37 heavy (non-hydrogen) atoms. The Labute approximate surface area is 215 Å². The van der Waals surface area contributed by atoms with Gasteiger partial charge in [-0.15, -0.1) is 0 Å². The minimum Gasteiger partial charge on any atom is -0.468 e. The van der Waals surface area contributed by atoms with Crippen LogP contribution in [0.4, 0.5) is 10.6 Å². The van der Waals surface area contributed by atoms with Crippen molar-refractivity contribution in [3.8, 4) is 11.8 Å². The maximum atomic E-state index is 12.5. The Hall–Kier alpha value is -4.57. The van der Waals surface area contributed by atoms with Crippen molar-refractivity contribution >= 4 is 28.7 Å². The van der Waals surface area contributed by atoms with E-state index in [1.807, 2.05) is 67.6 Å². The second-order valence-electron chi connectivity index (χ2n) is 9.21. The van der Waals surface area contributed by atoms with E-state index in [9.17, 15) is 9.59 Å². The molecule has 1 N–H and O–H groups in total. The van der Waals surface area contributed by atoms with Crippen molar-refractivity contribution in [1.29, 1.82) is 0 Å². The fourth-order valence-corrected chi connectivity index (χ4v) is 4.45. The summed E-state index contributed by atoms with van der Waals surface area (Å²) in [7, 11) is 3.17. The second-order valence-corrected chi connectivity index (χ2v) is 9.21. The smallest absolute Gasteiger partial charge is 0.413 e. The van der Waals surface area contributed by atoms with E-state index in [0.717, 1.165) is 40.3 Å². The molecule has 1 aliphatic rings. The van der Waals surface area contributed by atoms with E-state index in [0.29, 0.717) is 11.4 Å². The summed E-state index contributed by atoms with van der Waals surface area (Å²) in [6, 6.07) is 21.5. The van der Waals surface area contributed by atoms with Crippen LogP contribution in [0.15, 0.2) is 72.9 Å². The largest absolute Gasteiger partial charge is 0.468 e. The van der Waals surface area contributed by atoms with E-state index in [-0.39, 0.29) is 5.97 Å². The van der Waals surface area contributed by atoms with Gasteiger partial charge in [0.2, 0.25) is 0 Å². The highest BCUT2D eigenvalue weighted by atomic mass is 16.6. The lowest BCUT2D eigenvalue weighted by Crippen LogP contribution is -2.21. The number of hydrogen-bond donors (Lipinski definition) is 1. The van der Waals surface area contributed by atoms with Crippen LogP contribution in [0.5, 0.6) is 0 Å². The highest BCUT2D eigenvalue weighted by molar-refractivity contribution is 5.91. The summed E-state index contributed by atoms with van der Waals surface area (Å²) in [6.45, 7) is 1.82. The molecule has 4 aromatic rings. The lowest BCUT2D eigenvalue weighted by atomic mass is 9.93. The molecule has 3 aromatic carbocycles. The fourth-order valence-electron chi connectivity index (χ4n) is 4.45. The van der Waals surface area contributed by atoms with E-state index in [2.05, 4.69) is 28.3 Å². The zero-order valence-corrected chi connectivity index (χ0v) is 20.9. The molecule has 5 rings (SSSR count). The van der Waals surface area contributed by atoms with Crippen LogP contribution in [0, 0.1) is 11.8 Å². The van der Waals surface area contributed by atoms with Gasteiger partial charge < -0.3 is 9.47 Å². The van der Waals surface area contributed by atoms with Crippen LogP contribution >= 0.6 is 0 Å². The number of aromatic nitrogens is 2. The number of rotatable bonds is 5. The average molecular weight is 494 g/mol. The van der Waals surface area contributed by atoms with E-state index >= 15 is 0 Å². The first kappa shape index (κ1) is 24.1. The molecule has 0 radical (unpaired) electrons. The molecule has 1 heterocycles. The van der Waals surface area contributed by atoms with E-state index in [4.69, 9.17) is 9.47 Å². The number of aryl methyl sites for hydroxylation is 1. The third-order valence-corrected chi connectivity index (χ3v) is 6.77. The van der Waals surface area contributed by atoms with Crippen molar-refractivity contribution in [2.75, 3.05) is 12.4 Å². The van der Waals surface area contributed by atoms with Crippen molar-refractivity contribution in [3.05, 3.63) is 95.2 Å². The lowest BCUT2D eigenvalue weighted by molar-refractivity contribution is -0.143. The lowest BCUT2D eigenvalue weighted by Gasteiger charge is -2.14. The summed E-state index contributed by atoms with van der Waals surface area (Å²) in [6.07, 6.45) is 2.26. The van der Waals surface area contributed by atoms with Gasteiger partial charge in [-0.3, -0.25) is 14.8 Å². The molecule has 186 valence electrons. The van der Waals surface area contributed by atoms with Crippen molar-refractivity contribution in [1.82, 2.24) is 9.78 Å². The molecular weight excluding hydrogens is 466 g/mol. The van der Waals surface area contributed by atoms with Crippen LogP contribution in [0.3, 0.4) is 0 Å². The Kier molecular flexibility index (Phi) is 6.41. The molecule has 0 bridgehead atoms. The fraction of sp³-hybridized carbons (Fsp3) is 0.233. The number of anilines is 1. The Morgan fingerprint density at radius 2 is 1.76 bits per heavy atom. The van der Waals surface area contributed by atoms with Crippen molar-refractivity contribution in [2.45, 2.75) is 31.3 Å². The first-order valence-corrected chi connectivity index (χ1v) is 12.1. The van der Waals surface area contributed by atoms with Crippen molar-refractivity contribution < 1.29 is 19.1 Å². The summed E-state index contributed by atoms with van der Waals surface area (Å²) in [5.74, 6) is 6.56. The molecule has 0 unspecified atom stereocenters. The summed E-state index contributed by atoms with van der Waals surface area (Å²) in [4.78, 5) is 24.8. The number of benzene rings is 3. The summed E-state index contributed by atoms with van der Waals surface area (Å²) < 4.78 is 12.1. The molecule has 7 nitrogen and oxygen atoms in total. The molecule has 1 aliphatic carbocycles. The molecule has 0 aliphatic heterocycles. The van der Waals surface area contributed by atoms with Crippen LogP contribution in [0.2, 0.25) is 0 Å². The molecule has 0 saturated heterocycles. The minimum atomic E-state index is -0.579. The van der Waals surface area contributed by atoms with E-state index in [1.165, 1.54) is 7.11 Å². The van der Waals surface area contributed by atoms with Gasteiger partial charge in [0.1, 0.15) is 11.9 Å². The predicted octanol–water partition coefficient (Wildman–Crippen LogP) is 5.49. The number of carbonyl (C=O) groups is 2. The third-order valence-electron chi connectivity index (χ3n) is 6.77. The van der Waals surface area contributed by atoms with Gasteiger partial charge in [-0.1, -0.05) is 66.4 Å². The van der Waals surface area contributed by atoms with Crippen molar-refractivity contribution in [3.63, 3.8) is 0 Å². The van der Waals surface area contributed by atoms with Crippen LogP contribution in [-0.4, -0.2) is 29.0 Å². The summed E-state index contributed by atoms with van der Waals surface area (Å²) >= 11 is 0. The highest BCUT2D eigenvalue weighted by Crippen LogP contribution is 2.49. The number of nitrogens with zero attached hydrogens (tertiary/aromatic N) is 2. The van der Waals surface area contributed by atoms with Crippen LogP contribution in [0.1, 0.15) is 48.1 Å². The minimum absolute atomic E-state index is 0.173. The molecule has 1 aromatic heterocycles. The second kappa shape index (κ2) is 9.82. The zero-order chi connectivity index (χ0) is 26.0. The summed E-state index contributed by atoms with van der Waals surface area (Å²) in [5, 5.41) is 9.07. The number of carbonyl (C=O) groups excluding carboxylic acids is 2. The zero-order valence-electron chi connectivity index (χ0n) is 20.9. The molecule has 1 fully saturated rings. The molecule has 1 amide bonds. The number of amides is 1. The number of hydrogen-bond acceptors (Lipinski definition) is 5. The monoisotopic (exact) mass is 493 g/mol. The standard InChI is InChI=1S/C30H27N3O4/c1-20(22-7-5-4-6-8-22)37-29(35)32-27-25(19-31-33(27)2)12-10-21-9-11-24-18-26(14-13-23(24)17-21)30(15-16-30)28(34)36-3/h4-9,11,13-14,17-20H,15-16H2,1-3H3,(H,32,35)/t20-/m1/s1. The van der Waals surface area contributed by atoms with Gasteiger partial charge in [0.15, 0.2) is 0 Å². The van der Waals surface area contributed by atoms with E-state index in [1.54, 1.807) is 17.9 Å². The Morgan fingerprint density at radius 3 is 2.49 bits per heavy atom. The van der Waals surface area contributed by atoms with Gasteiger partial charge in [-0.25, -0.2) is 4.79 Å². The number of fused-ring (bicyclic) bond motifs is 1. The molecule has 1 atom stereocenters. The number of ether oxygens (including phenoxy) is 2. The Balaban J connectivity index is 1.32. The normalized spacial score (nSPS) is 14.2. The molecule has 0 spiro atoms. The maximum Gasteiger partial charge on any atom is 0.413 e. The van der Waals surface area contributed by atoms with Gasteiger partial charge in [-0.05, 0) is 53.8 Å². The number of nitrogens with one attached hydrogen (secondary N) is 1. The van der Waals surface area contributed by atoms with Gasteiger partial charge >= 0.3 is 12.1 Å². The van der Waals surface area contributed by atoms with Crippen LogP contribution in [0.25, 0.3) is 10.8 Å². The van der Waals surface area contributed by atoms with Gasteiger partial charge in [-0.2, -0.15) is 5.10 Å². The van der Waals surface area contributed by atoms with Crippen molar-refractivity contribution in [2.24, 2.45) is 7.05 Å². The quantitative estimate of drug-likeness (QED) is 0.294. The van der Waals surface area contributed by atoms with Gasteiger partial charge in [0.05, 0.1) is 24.3 Å². The Bertz CT molecular complexity index is 1540. The first-order chi connectivity index (χ1) is 17.9. The SMILES string of the molecule is COC(=O)C1(c2ccc3cc(C#Cc4cnn(C)c4NC(=O)O[C@H](C)c4ccccc4)ccc3c2)CC1. The summed E-state index contributed by atoms with van der Waals surface area (Å²) in [5.41, 5.74) is 2.81. The third kappa shape index (κ3) is 4.91. The predicted molar refractivity (Wildman–Crippen MR) is 141 cm³/mol. The van der Waals surface area contributed by atoms with Crippen LogP contribution < -0.4 is 5.32 Å². The van der Waals surface area contributed by atoms with Gasteiger partial charge in [0, 0.05) is 12.6 Å². The topological polar surface area (TPSA) is 82.5 Å².